The Morgan fingerprint density at radius 1 is 1.10 bits per heavy atom. The van der Waals surface area contributed by atoms with Crippen LogP contribution in [0.3, 0.4) is 0 Å². The average molecular weight is 283 g/mol. The van der Waals surface area contributed by atoms with Gasteiger partial charge in [0, 0.05) is 31.5 Å². The van der Waals surface area contributed by atoms with Crippen molar-refractivity contribution in [2.75, 3.05) is 30.8 Å². The molecule has 4 heteroatoms. The fraction of sp³-hybridized carbons (Fsp3) is 0.235. The lowest BCUT2D eigenvalue weighted by Crippen LogP contribution is -2.28. The van der Waals surface area contributed by atoms with Gasteiger partial charge in [-0.1, -0.05) is 30.3 Å². The predicted octanol–water partition coefficient (Wildman–Crippen LogP) is 2.53. The molecule has 21 heavy (non-hydrogen) atoms. The van der Waals surface area contributed by atoms with Crippen LogP contribution in [0.2, 0.25) is 0 Å². The maximum absolute atomic E-state index is 12.0. The Labute approximate surface area is 125 Å². The number of rotatable bonds is 6. The smallest absolute Gasteiger partial charge is 0.253 e. The Morgan fingerprint density at radius 2 is 1.76 bits per heavy atom. The number of nitrogens with two attached hydrogens (primary N) is 1. The van der Waals surface area contributed by atoms with E-state index in [1.165, 1.54) is 5.69 Å². The van der Waals surface area contributed by atoms with Crippen LogP contribution in [-0.2, 0) is 0 Å². The van der Waals surface area contributed by atoms with E-state index in [1.54, 1.807) is 12.1 Å². The summed E-state index contributed by atoms with van der Waals surface area (Å²) in [5.41, 5.74) is 8.00. The van der Waals surface area contributed by atoms with E-state index in [4.69, 9.17) is 5.73 Å². The Morgan fingerprint density at radius 3 is 2.48 bits per heavy atom. The van der Waals surface area contributed by atoms with Crippen molar-refractivity contribution in [3.63, 3.8) is 0 Å². The lowest BCUT2D eigenvalue weighted by Gasteiger charge is -2.19. The van der Waals surface area contributed by atoms with E-state index in [1.807, 2.05) is 37.4 Å². The van der Waals surface area contributed by atoms with Crippen molar-refractivity contribution in [3.05, 3.63) is 60.2 Å². The van der Waals surface area contributed by atoms with E-state index in [-0.39, 0.29) is 5.91 Å². The standard InChI is InChI=1S/C17H21N3O/c1-20(14-8-3-2-4-9-14)13-7-12-19-17(21)15-10-5-6-11-16(15)18/h2-6,8-11H,7,12-13,18H2,1H3,(H,19,21). The first-order chi connectivity index (χ1) is 10.2. The topological polar surface area (TPSA) is 58.4 Å². The molecule has 0 unspecified atom stereocenters. The third kappa shape index (κ3) is 4.24. The van der Waals surface area contributed by atoms with Crippen molar-refractivity contribution in [3.8, 4) is 0 Å². The summed E-state index contributed by atoms with van der Waals surface area (Å²) in [6, 6.07) is 17.3. The van der Waals surface area contributed by atoms with Gasteiger partial charge in [0.1, 0.15) is 0 Å². The van der Waals surface area contributed by atoms with Gasteiger partial charge in [-0.05, 0) is 30.7 Å². The van der Waals surface area contributed by atoms with E-state index in [2.05, 4.69) is 22.3 Å². The summed E-state index contributed by atoms with van der Waals surface area (Å²) in [6.07, 6.45) is 0.879. The van der Waals surface area contributed by atoms with Gasteiger partial charge in [0.2, 0.25) is 0 Å². The first kappa shape index (κ1) is 14.9. The van der Waals surface area contributed by atoms with E-state index in [9.17, 15) is 4.79 Å². The second kappa shape index (κ2) is 7.33. The van der Waals surface area contributed by atoms with Gasteiger partial charge in [0.05, 0.1) is 5.56 Å². The number of hydrogen-bond acceptors (Lipinski definition) is 3. The van der Waals surface area contributed by atoms with Gasteiger partial charge >= 0.3 is 0 Å². The van der Waals surface area contributed by atoms with Crippen LogP contribution < -0.4 is 16.0 Å². The Balaban J connectivity index is 1.75. The van der Waals surface area contributed by atoms with Gasteiger partial charge in [0.25, 0.3) is 5.91 Å². The molecule has 0 saturated heterocycles. The molecule has 0 bridgehead atoms. The summed E-state index contributed by atoms with van der Waals surface area (Å²) in [7, 11) is 2.05. The zero-order valence-corrected chi connectivity index (χ0v) is 12.3. The van der Waals surface area contributed by atoms with Crippen LogP contribution in [0.5, 0.6) is 0 Å². The van der Waals surface area contributed by atoms with E-state index >= 15 is 0 Å². The maximum atomic E-state index is 12.0. The highest BCUT2D eigenvalue weighted by Gasteiger charge is 2.07. The van der Waals surface area contributed by atoms with E-state index in [0.29, 0.717) is 17.8 Å². The number of nitrogens with zero attached hydrogens (tertiary/aromatic N) is 1. The van der Waals surface area contributed by atoms with Crippen LogP contribution in [-0.4, -0.2) is 26.0 Å². The minimum Gasteiger partial charge on any atom is -0.398 e. The minimum absolute atomic E-state index is 0.115. The molecule has 0 radical (unpaired) electrons. The molecular formula is C17H21N3O. The molecule has 2 aromatic rings. The lowest BCUT2D eigenvalue weighted by molar-refractivity contribution is 0.0954. The van der Waals surface area contributed by atoms with Gasteiger partial charge < -0.3 is 16.0 Å². The second-order valence-corrected chi connectivity index (χ2v) is 4.95. The van der Waals surface area contributed by atoms with Crippen LogP contribution in [0.15, 0.2) is 54.6 Å². The number of nitrogens with one attached hydrogen (secondary N) is 1. The lowest BCUT2D eigenvalue weighted by atomic mass is 10.1. The number of para-hydroxylation sites is 2. The molecular weight excluding hydrogens is 262 g/mol. The number of amides is 1. The minimum atomic E-state index is -0.115. The van der Waals surface area contributed by atoms with Crippen molar-refractivity contribution < 1.29 is 4.79 Å². The molecule has 3 N–H and O–H groups in total. The quantitative estimate of drug-likeness (QED) is 0.632. The maximum Gasteiger partial charge on any atom is 0.253 e. The first-order valence-electron chi connectivity index (χ1n) is 7.07. The third-order valence-corrected chi connectivity index (χ3v) is 3.36. The first-order valence-corrected chi connectivity index (χ1v) is 7.07. The summed E-state index contributed by atoms with van der Waals surface area (Å²) in [4.78, 5) is 14.1. The highest BCUT2D eigenvalue weighted by molar-refractivity contribution is 5.99. The second-order valence-electron chi connectivity index (χ2n) is 4.95. The Hall–Kier alpha value is -2.49. The molecule has 0 aliphatic rings. The number of nitrogen functional groups attached to an aromatic ring is 1. The van der Waals surface area contributed by atoms with Crippen LogP contribution >= 0.6 is 0 Å². The van der Waals surface area contributed by atoms with Gasteiger partial charge in [-0.2, -0.15) is 0 Å². The summed E-state index contributed by atoms with van der Waals surface area (Å²) in [5.74, 6) is -0.115. The highest BCUT2D eigenvalue weighted by Crippen LogP contribution is 2.11. The molecule has 0 spiro atoms. The van der Waals surface area contributed by atoms with Crippen molar-refractivity contribution in [2.45, 2.75) is 6.42 Å². The molecule has 110 valence electrons. The number of carbonyl (C=O) groups excluding carboxylic acids is 1. The molecule has 0 heterocycles. The van der Waals surface area contributed by atoms with Crippen LogP contribution in [0.25, 0.3) is 0 Å². The van der Waals surface area contributed by atoms with Gasteiger partial charge in [0.15, 0.2) is 0 Å². The molecule has 2 aromatic carbocycles. The highest BCUT2D eigenvalue weighted by atomic mass is 16.1. The molecule has 0 fully saturated rings. The molecule has 0 aromatic heterocycles. The van der Waals surface area contributed by atoms with Crippen LogP contribution in [0.4, 0.5) is 11.4 Å². The molecule has 0 saturated carbocycles. The van der Waals surface area contributed by atoms with E-state index in [0.717, 1.165) is 13.0 Å². The molecule has 0 atom stereocenters. The normalized spacial score (nSPS) is 10.1. The van der Waals surface area contributed by atoms with Gasteiger partial charge in [-0.3, -0.25) is 4.79 Å². The monoisotopic (exact) mass is 283 g/mol. The van der Waals surface area contributed by atoms with Gasteiger partial charge in [-0.15, -0.1) is 0 Å². The number of hydrogen-bond donors (Lipinski definition) is 2. The summed E-state index contributed by atoms with van der Waals surface area (Å²) < 4.78 is 0. The Kier molecular flexibility index (Phi) is 5.21. The molecule has 4 nitrogen and oxygen atoms in total. The van der Waals surface area contributed by atoms with Crippen molar-refractivity contribution in [2.24, 2.45) is 0 Å². The van der Waals surface area contributed by atoms with Crippen molar-refractivity contribution in [1.29, 1.82) is 0 Å². The Bertz CT molecular complexity index is 584. The average Bonchev–Trinajstić information content (AvgIpc) is 2.52. The largest absolute Gasteiger partial charge is 0.398 e. The van der Waals surface area contributed by atoms with Crippen molar-refractivity contribution >= 4 is 17.3 Å². The number of carbonyl (C=O) groups is 1. The predicted molar refractivity (Wildman–Crippen MR) is 87.5 cm³/mol. The molecule has 0 aliphatic carbocycles. The van der Waals surface area contributed by atoms with Crippen molar-refractivity contribution in [1.82, 2.24) is 5.32 Å². The fourth-order valence-electron chi connectivity index (χ4n) is 2.13. The summed E-state index contributed by atoms with van der Waals surface area (Å²) >= 11 is 0. The fourth-order valence-corrected chi connectivity index (χ4v) is 2.13. The summed E-state index contributed by atoms with van der Waals surface area (Å²) in [5, 5.41) is 2.90. The molecule has 2 rings (SSSR count). The zero-order valence-electron chi connectivity index (χ0n) is 12.3. The number of anilines is 2. The summed E-state index contributed by atoms with van der Waals surface area (Å²) in [6.45, 7) is 1.51. The van der Waals surface area contributed by atoms with E-state index < -0.39 is 0 Å². The third-order valence-electron chi connectivity index (χ3n) is 3.36. The molecule has 1 amide bonds. The zero-order chi connectivity index (χ0) is 15.1. The van der Waals surface area contributed by atoms with Crippen LogP contribution in [0, 0.1) is 0 Å². The van der Waals surface area contributed by atoms with Gasteiger partial charge in [-0.25, -0.2) is 0 Å². The molecule has 0 aliphatic heterocycles. The number of benzene rings is 2. The van der Waals surface area contributed by atoms with Crippen LogP contribution in [0.1, 0.15) is 16.8 Å². The SMILES string of the molecule is CN(CCCNC(=O)c1ccccc1N)c1ccccc1.